The molecule has 0 aliphatic carbocycles. The maximum absolute atomic E-state index is 12.9. The number of hydrogen-bond donors (Lipinski definition) is 2. The number of fused-ring (bicyclic) bond motifs is 1. The molecule has 1 unspecified atom stereocenters. The van der Waals surface area contributed by atoms with Gasteiger partial charge in [-0.3, -0.25) is 4.79 Å². The maximum atomic E-state index is 12.9. The Labute approximate surface area is 215 Å². The van der Waals surface area contributed by atoms with Gasteiger partial charge < -0.3 is 24.3 Å². The molecule has 0 saturated heterocycles. The van der Waals surface area contributed by atoms with Crippen molar-refractivity contribution in [3.05, 3.63) is 89.7 Å². The van der Waals surface area contributed by atoms with Crippen LogP contribution < -0.4 is 14.8 Å². The second kappa shape index (κ2) is 11.0. The van der Waals surface area contributed by atoms with Crippen molar-refractivity contribution >= 4 is 28.4 Å². The number of carbonyl (C=O) groups excluding carboxylic acids is 1. The minimum absolute atomic E-state index is 0.181. The highest BCUT2D eigenvalue weighted by Gasteiger charge is 2.22. The lowest BCUT2D eigenvalue weighted by Gasteiger charge is -2.15. The lowest BCUT2D eigenvalue weighted by Crippen LogP contribution is -2.41. The van der Waals surface area contributed by atoms with Crippen molar-refractivity contribution in [1.29, 1.82) is 0 Å². The molecule has 0 aliphatic rings. The van der Waals surface area contributed by atoms with Crippen LogP contribution in [0.3, 0.4) is 0 Å². The molecule has 1 amide bonds. The molecule has 4 rings (SSSR count). The van der Waals surface area contributed by atoms with Crippen LogP contribution >= 0.6 is 0 Å². The number of carboxylic acids is 1. The summed E-state index contributed by atoms with van der Waals surface area (Å²) in [4.78, 5) is 24.7. The van der Waals surface area contributed by atoms with Crippen LogP contribution in [0.4, 0.5) is 0 Å². The summed E-state index contributed by atoms with van der Waals surface area (Å²) in [6, 6.07) is 17.7. The molecule has 0 bridgehead atoms. The summed E-state index contributed by atoms with van der Waals surface area (Å²) >= 11 is 0. The summed E-state index contributed by atoms with van der Waals surface area (Å²) in [6.07, 6.45) is 3.26. The molecule has 3 aromatic carbocycles. The van der Waals surface area contributed by atoms with E-state index in [1.165, 1.54) is 6.08 Å². The largest absolute Gasteiger partial charge is 0.496 e. The SMILES string of the molecule is COc1ccccc1-c1coc2c(C)c(OC)c(/C(C)=C/C(=O)NC(Cc3ccccc3)C(=O)O)cc12. The van der Waals surface area contributed by atoms with Crippen LogP contribution in [0.25, 0.3) is 27.7 Å². The molecular formula is C30H29NO6. The zero-order valence-electron chi connectivity index (χ0n) is 21.2. The number of nitrogens with one attached hydrogen (secondary N) is 1. The van der Waals surface area contributed by atoms with Gasteiger partial charge in [0.25, 0.3) is 0 Å². The van der Waals surface area contributed by atoms with Crippen molar-refractivity contribution in [2.45, 2.75) is 26.3 Å². The van der Waals surface area contributed by atoms with E-state index < -0.39 is 17.9 Å². The Balaban J connectivity index is 1.70. The average molecular weight is 500 g/mol. The quantitative estimate of drug-likeness (QED) is 0.289. The fraction of sp³-hybridized carbons (Fsp3) is 0.200. The number of methoxy groups -OCH3 is 2. The van der Waals surface area contributed by atoms with E-state index in [1.54, 1.807) is 27.4 Å². The minimum Gasteiger partial charge on any atom is -0.496 e. The Bertz CT molecular complexity index is 1470. The topological polar surface area (TPSA) is 98.0 Å². The third kappa shape index (κ3) is 5.35. The number of benzene rings is 3. The Morgan fingerprint density at radius 2 is 1.73 bits per heavy atom. The summed E-state index contributed by atoms with van der Waals surface area (Å²) in [5.41, 5.74) is 5.34. The first-order chi connectivity index (χ1) is 17.8. The van der Waals surface area contributed by atoms with Crippen LogP contribution in [-0.2, 0) is 16.0 Å². The highest BCUT2D eigenvalue weighted by molar-refractivity contribution is 6.02. The van der Waals surface area contributed by atoms with Crippen molar-refractivity contribution in [1.82, 2.24) is 5.32 Å². The van der Waals surface area contributed by atoms with Gasteiger partial charge in [-0.1, -0.05) is 48.5 Å². The molecule has 7 nitrogen and oxygen atoms in total. The van der Waals surface area contributed by atoms with Gasteiger partial charge in [0.15, 0.2) is 0 Å². The van der Waals surface area contributed by atoms with Crippen molar-refractivity contribution in [3.63, 3.8) is 0 Å². The molecule has 0 saturated carbocycles. The van der Waals surface area contributed by atoms with Gasteiger partial charge in [0.05, 0.1) is 20.5 Å². The molecule has 4 aromatic rings. The lowest BCUT2D eigenvalue weighted by molar-refractivity contribution is -0.141. The van der Waals surface area contributed by atoms with E-state index in [0.717, 1.165) is 27.6 Å². The first kappa shape index (κ1) is 25.6. The zero-order valence-corrected chi connectivity index (χ0v) is 21.2. The van der Waals surface area contributed by atoms with Crippen LogP contribution in [0.2, 0.25) is 0 Å². The molecule has 2 N–H and O–H groups in total. The molecule has 1 atom stereocenters. The van der Waals surface area contributed by atoms with E-state index in [0.29, 0.717) is 28.2 Å². The molecule has 37 heavy (non-hydrogen) atoms. The molecule has 0 fully saturated rings. The number of ether oxygens (including phenoxy) is 2. The van der Waals surface area contributed by atoms with Gasteiger partial charge in [-0.15, -0.1) is 0 Å². The summed E-state index contributed by atoms with van der Waals surface area (Å²) in [5.74, 6) is -0.310. The van der Waals surface area contributed by atoms with Crippen molar-refractivity contribution < 1.29 is 28.6 Å². The van der Waals surface area contributed by atoms with Crippen molar-refractivity contribution in [2.24, 2.45) is 0 Å². The molecule has 0 spiro atoms. The second-order valence-electron chi connectivity index (χ2n) is 8.73. The highest BCUT2D eigenvalue weighted by atomic mass is 16.5. The number of hydrogen-bond acceptors (Lipinski definition) is 5. The first-order valence-corrected chi connectivity index (χ1v) is 11.8. The summed E-state index contributed by atoms with van der Waals surface area (Å²) < 4.78 is 17.2. The summed E-state index contributed by atoms with van der Waals surface area (Å²) in [7, 11) is 3.18. The number of aliphatic carboxylic acids is 1. The van der Waals surface area contributed by atoms with Gasteiger partial charge in [0.2, 0.25) is 5.91 Å². The lowest BCUT2D eigenvalue weighted by atomic mass is 9.96. The van der Waals surface area contributed by atoms with Crippen molar-refractivity contribution in [2.75, 3.05) is 14.2 Å². The molecule has 1 aromatic heterocycles. The number of allylic oxidation sites excluding steroid dienone is 1. The normalized spacial score (nSPS) is 12.3. The van der Waals surface area contributed by atoms with Gasteiger partial charge in [-0.05, 0) is 37.1 Å². The molecule has 7 heteroatoms. The van der Waals surface area contributed by atoms with Crippen LogP contribution in [0.5, 0.6) is 11.5 Å². The molecule has 1 heterocycles. The number of rotatable bonds is 9. The van der Waals surface area contributed by atoms with Crippen molar-refractivity contribution in [3.8, 4) is 22.6 Å². The summed E-state index contributed by atoms with van der Waals surface area (Å²) in [5, 5.41) is 13.1. The zero-order chi connectivity index (χ0) is 26.5. The Morgan fingerprint density at radius 1 is 1.03 bits per heavy atom. The van der Waals surface area contributed by atoms with Crippen LogP contribution in [0.15, 0.2) is 77.4 Å². The number of carbonyl (C=O) groups is 2. The maximum Gasteiger partial charge on any atom is 0.326 e. The fourth-order valence-corrected chi connectivity index (χ4v) is 4.49. The van der Waals surface area contributed by atoms with E-state index in [4.69, 9.17) is 13.9 Å². The van der Waals surface area contributed by atoms with Gasteiger partial charge in [0, 0.05) is 40.1 Å². The Kier molecular flexibility index (Phi) is 7.63. The predicted molar refractivity (Wildman–Crippen MR) is 143 cm³/mol. The Hall–Kier alpha value is -4.52. The van der Waals surface area contributed by atoms with Crippen LogP contribution in [-0.4, -0.2) is 37.2 Å². The minimum atomic E-state index is -1.10. The standard InChI is InChI=1S/C30H29NO6/c1-18(14-27(32)31-25(30(33)34)15-20-10-6-5-7-11-20)22-16-23-24(21-12-8-9-13-26(21)35-3)17-37-29(23)19(2)28(22)36-4/h5-14,16-17,25H,15H2,1-4H3,(H,31,32)(H,33,34)/b18-14+. The second-order valence-corrected chi connectivity index (χ2v) is 8.73. The van der Waals surface area contributed by atoms with Crippen LogP contribution in [0.1, 0.15) is 23.6 Å². The third-order valence-electron chi connectivity index (χ3n) is 6.31. The molecular weight excluding hydrogens is 470 g/mol. The number of aryl methyl sites for hydroxylation is 1. The average Bonchev–Trinajstić information content (AvgIpc) is 3.32. The smallest absolute Gasteiger partial charge is 0.326 e. The molecule has 190 valence electrons. The van der Waals surface area contributed by atoms with E-state index in [-0.39, 0.29) is 6.42 Å². The number of para-hydroxylation sites is 1. The van der Waals surface area contributed by atoms with Gasteiger partial charge in [-0.2, -0.15) is 0 Å². The van der Waals surface area contributed by atoms with E-state index in [9.17, 15) is 14.7 Å². The van der Waals surface area contributed by atoms with E-state index in [1.807, 2.05) is 67.6 Å². The molecule has 0 aliphatic heterocycles. The number of amides is 1. The van der Waals surface area contributed by atoms with Crippen LogP contribution in [0, 0.1) is 6.92 Å². The van der Waals surface area contributed by atoms with Gasteiger partial charge in [0.1, 0.15) is 23.1 Å². The van der Waals surface area contributed by atoms with Gasteiger partial charge >= 0.3 is 5.97 Å². The number of carboxylic acid groups (broad SMARTS) is 1. The predicted octanol–water partition coefficient (Wildman–Crippen LogP) is 5.64. The molecule has 0 radical (unpaired) electrons. The monoisotopic (exact) mass is 499 g/mol. The summed E-state index contributed by atoms with van der Waals surface area (Å²) in [6.45, 7) is 3.69. The Morgan fingerprint density at radius 3 is 2.41 bits per heavy atom. The van der Waals surface area contributed by atoms with E-state index in [2.05, 4.69) is 5.32 Å². The number of furan rings is 1. The highest BCUT2D eigenvalue weighted by Crippen LogP contribution is 2.42. The first-order valence-electron chi connectivity index (χ1n) is 11.8. The van der Waals surface area contributed by atoms with E-state index >= 15 is 0 Å². The third-order valence-corrected chi connectivity index (χ3v) is 6.31. The fourth-order valence-electron chi connectivity index (χ4n) is 4.49. The van der Waals surface area contributed by atoms with Gasteiger partial charge in [-0.25, -0.2) is 4.79 Å².